The fourth-order valence-electron chi connectivity index (χ4n) is 3.06. The van der Waals surface area contributed by atoms with Gasteiger partial charge in [-0.2, -0.15) is 0 Å². The summed E-state index contributed by atoms with van der Waals surface area (Å²) < 4.78 is 5.10. The molecule has 2 aromatic rings. The molecule has 2 amide bonds. The van der Waals surface area contributed by atoms with E-state index in [1.807, 2.05) is 0 Å². The van der Waals surface area contributed by atoms with E-state index in [1.54, 1.807) is 54.5 Å². The van der Waals surface area contributed by atoms with Crippen LogP contribution < -0.4 is 15.0 Å². The Hall–Kier alpha value is -3.42. The maximum absolute atomic E-state index is 12.4. The molecular weight excluding hydrogens is 350 g/mol. The summed E-state index contributed by atoms with van der Waals surface area (Å²) in [6.07, 6.45) is 0.106. The van der Waals surface area contributed by atoms with Crippen molar-refractivity contribution in [1.82, 2.24) is 5.32 Å². The van der Waals surface area contributed by atoms with Crippen molar-refractivity contribution in [1.29, 1.82) is 0 Å². The average Bonchev–Trinajstić information content (AvgIpc) is 3.08. The van der Waals surface area contributed by atoms with Gasteiger partial charge in [-0.3, -0.25) is 19.7 Å². The Kier molecular flexibility index (Phi) is 5.35. The molecule has 1 aliphatic heterocycles. The van der Waals surface area contributed by atoms with Crippen molar-refractivity contribution >= 4 is 23.2 Å². The Morgan fingerprint density at radius 3 is 2.63 bits per heavy atom. The number of carbonyl (C=O) groups excluding carboxylic acids is 2. The van der Waals surface area contributed by atoms with Crippen LogP contribution in [0.25, 0.3) is 0 Å². The van der Waals surface area contributed by atoms with Gasteiger partial charge in [0.1, 0.15) is 5.75 Å². The van der Waals surface area contributed by atoms with Gasteiger partial charge in [0.2, 0.25) is 11.8 Å². The van der Waals surface area contributed by atoms with Gasteiger partial charge in [-0.05, 0) is 24.3 Å². The summed E-state index contributed by atoms with van der Waals surface area (Å²) >= 11 is 0. The SMILES string of the molecule is COc1ccc(N2CC(C(=O)NCc3ccccc3[N+](=O)[O-])CC2=O)cc1. The quantitative estimate of drug-likeness (QED) is 0.622. The number of nitro groups is 1. The number of ether oxygens (including phenoxy) is 1. The molecular formula is C19H19N3O5. The summed E-state index contributed by atoms with van der Waals surface area (Å²) in [6, 6.07) is 13.3. The fraction of sp³-hybridized carbons (Fsp3) is 0.263. The highest BCUT2D eigenvalue weighted by atomic mass is 16.6. The molecule has 2 aromatic carbocycles. The number of nitrogens with zero attached hydrogens (tertiary/aromatic N) is 2. The topological polar surface area (TPSA) is 102 Å². The van der Waals surface area contributed by atoms with Gasteiger partial charge in [-0.15, -0.1) is 0 Å². The van der Waals surface area contributed by atoms with Crippen LogP contribution in [0, 0.1) is 16.0 Å². The number of para-hydroxylation sites is 1. The molecule has 0 bridgehead atoms. The van der Waals surface area contributed by atoms with E-state index >= 15 is 0 Å². The Labute approximate surface area is 155 Å². The standard InChI is InChI=1S/C19H19N3O5/c1-27-16-8-6-15(7-9-16)21-12-14(10-18(21)23)19(24)20-11-13-4-2-3-5-17(13)22(25)26/h2-9,14H,10-12H2,1H3,(H,20,24). The van der Waals surface area contributed by atoms with E-state index < -0.39 is 10.8 Å². The number of amides is 2. The van der Waals surface area contributed by atoms with Crippen LogP contribution >= 0.6 is 0 Å². The van der Waals surface area contributed by atoms with Crippen molar-refractivity contribution in [3.8, 4) is 5.75 Å². The third-order valence-electron chi connectivity index (χ3n) is 4.52. The molecule has 1 fully saturated rings. The maximum atomic E-state index is 12.4. The molecule has 1 aliphatic rings. The summed E-state index contributed by atoms with van der Waals surface area (Å²) in [5.41, 5.74) is 1.09. The first-order chi connectivity index (χ1) is 13.0. The van der Waals surface area contributed by atoms with Crippen LogP contribution in [0.5, 0.6) is 5.75 Å². The maximum Gasteiger partial charge on any atom is 0.274 e. The van der Waals surface area contributed by atoms with Crippen molar-refractivity contribution in [3.63, 3.8) is 0 Å². The predicted octanol–water partition coefficient (Wildman–Crippen LogP) is 2.27. The van der Waals surface area contributed by atoms with Gasteiger partial charge in [-0.1, -0.05) is 18.2 Å². The Morgan fingerprint density at radius 1 is 1.26 bits per heavy atom. The molecule has 1 unspecified atom stereocenters. The molecule has 0 spiro atoms. The summed E-state index contributed by atoms with van der Waals surface area (Å²) in [5, 5.41) is 13.7. The van der Waals surface area contributed by atoms with Gasteiger partial charge in [0.05, 0.1) is 18.0 Å². The lowest BCUT2D eigenvalue weighted by molar-refractivity contribution is -0.385. The van der Waals surface area contributed by atoms with Gasteiger partial charge in [-0.25, -0.2) is 0 Å². The lowest BCUT2D eigenvalue weighted by Gasteiger charge is -2.17. The van der Waals surface area contributed by atoms with Crippen LogP contribution in [0.2, 0.25) is 0 Å². The third kappa shape index (κ3) is 4.05. The normalized spacial score (nSPS) is 16.3. The lowest BCUT2D eigenvalue weighted by Crippen LogP contribution is -2.32. The monoisotopic (exact) mass is 369 g/mol. The largest absolute Gasteiger partial charge is 0.497 e. The van der Waals surface area contributed by atoms with Crippen molar-refractivity contribution in [2.24, 2.45) is 5.92 Å². The van der Waals surface area contributed by atoms with E-state index in [2.05, 4.69) is 5.32 Å². The van der Waals surface area contributed by atoms with Crippen molar-refractivity contribution in [2.45, 2.75) is 13.0 Å². The van der Waals surface area contributed by atoms with Gasteiger partial charge in [0.15, 0.2) is 0 Å². The summed E-state index contributed by atoms with van der Waals surface area (Å²) in [5.74, 6) is -0.241. The zero-order chi connectivity index (χ0) is 19.4. The number of anilines is 1. The van der Waals surface area contributed by atoms with Crippen molar-refractivity contribution in [3.05, 3.63) is 64.2 Å². The highest BCUT2D eigenvalue weighted by molar-refractivity contribution is 6.00. The van der Waals surface area contributed by atoms with Crippen LogP contribution in [0.3, 0.4) is 0 Å². The first kappa shape index (κ1) is 18.4. The zero-order valence-electron chi connectivity index (χ0n) is 14.8. The summed E-state index contributed by atoms with van der Waals surface area (Å²) in [7, 11) is 1.56. The molecule has 0 radical (unpaired) electrons. The van der Waals surface area contributed by atoms with E-state index in [9.17, 15) is 19.7 Å². The average molecular weight is 369 g/mol. The van der Waals surface area contributed by atoms with Crippen molar-refractivity contribution < 1.29 is 19.2 Å². The number of nitro benzene ring substituents is 1. The molecule has 0 aromatic heterocycles. The number of benzene rings is 2. The second kappa shape index (κ2) is 7.86. The highest BCUT2D eigenvalue weighted by Crippen LogP contribution is 2.27. The minimum absolute atomic E-state index is 0.0415. The van der Waals surface area contributed by atoms with E-state index in [0.29, 0.717) is 17.0 Å². The number of hydrogen-bond donors (Lipinski definition) is 1. The summed E-state index contributed by atoms with van der Waals surface area (Å²) in [6.45, 7) is 0.317. The van der Waals surface area contributed by atoms with Crippen LogP contribution in [0.1, 0.15) is 12.0 Å². The lowest BCUT2D eigenvalue weighted by atomic mass is 10.1. The van der Waals surface area contributed by atoms with Crippen LogP contribution in [0.15, 0.2) is 48.5 Å². The van der Waals surface area contributed by atoms with E-state index in [4.69, 9.17) is 4.74 Å². The Morgan fingerprint density at radius 2 is 1.96 bits per heavy atom. The van der Waals surface area contributed by atoms with E-state index in [-0.39, 0.29) is 37.0 Å². The molecule has 8 heteroatoms. The Bertz CT molecular complexity index is 866. The Balaban J connectivity index is 1.63. The van der Waals surface area contributed by atoms with Crippen LogP contribution in [0.4, 0.5) is 11.4 Å². The number of nitrogens with one attached hydrogen (secondary N) is 1. The van der Waals surface area contributed by atoms with Crippen LogP contribution in [-0.4, -0.2) is 30.4 Å². The second-order valence-corrected chi connectivity index (χ2v) is 6.21. The first-order valence-electron chi connectivity index (χ1n) is 8.44. The zero-order valence-corrected chi connectivity index (χ0v) is 14.8. The minimum Gasteiger partial charge on any atom is -0.497 e. The number of hydrogen-bond acceptors (Lipinski definition) is 5. The van der Waals surface area contributed by atoms with Gasteiger partial charge >= 0.3 is 0 Å². The summed E-state index contributed by atoms with van der Waals surface area (Å²) in [4.78, 5) is 36.9. The molecule has 1 heterocycles. The number of methoxy groups -OCH3 is 1. The molecule has 0 aliphatic carbocycles. The van der Waals surface area contributed by atoms with Crippen molar-refractivity contribution in [2.75, 3.05) is 18.6 Å². The minimum atomic E-state index is -0.498. The molecule has 1 N–H and O–H groups in total. The van der Waals surface area contributed by atoms with Gasteiger partial charge in [0.25, 0.3) is 5.69 Å². The second-order valence-electron chi connectivity index (χ2n) is 6.21. The predicted molar refractivity (Wildman–Crippen MR) is 98.4 cm³/mol. The van der Waals surface area contributed by atoms with Gasteiger partial charge < -0.3 is 15.0 Å². The number of carbonyl (C=O) groups is 2. The van der Waals surface area contributed by atoms with E-state index in [0.717, 1.165) is 0 Å². The third-order valence-corrected chi connectivity index (χ3v) is 4.52. The molecule has 140 valence electrons. The van der Waals surface area contributed by atoms with Crippen LogP contribution in [-0.2, 0) is 16.1 Å². The molecule has 1 atom stereocenters. The molecule has 3 rings (SSSR count). The van der Waals surface area contributed by atoms with E-state index in [1.165, 1.54) is 6.07 Å². The highest BCUT2D eigenvalue weighted by Gasteiger charge is 2.35. The van der Waals surface area contributed by atoms with Gasteiger partial charge in [0, 0.05) is 36.8 Å². The first-order valence-corrected chi connectivity index (χ1v) is 8.44. The molecule has 27 heavy (non-hydrogen) atoms. The fourth-order valence-corrected chi connectivity index (χ4v) is 3.06. The number of rotatable bonds is 6. The molecule has 1 saturated heterocycles. The molecule has 0 saturated carbocycles. The smallest absolute Gasteiger partial charge is 0.274 e. The molecule has 8 nitrogen and oxygen atoms in total.